The van der Waals surface area contributed by atoms with E-state index in [4.69, 9.17) is 0 Å². The number of nitro groups is 1. The first-order valence-corrected chi connectivity index (χ1v) is 9.27. The van der Waals surface area contributed by atoms with Crippen molar-refractivity contribution in [1.82, 2.24) is 19.6 Å². The number of carbonyl (C=O) groups is 1. The van der Waals surface area contributed by atoms with Gasteiger partial charge in [0.05, 0.1) is 16.3 Å². The summed E-state index contributed by atoms with van der Waals surface area (Å²) in [4.78, 5) is 23.0. The molecule has 0 saturated heterocycles. The summed E-state index contributed by atoms with van der Waals surface area (Å²) in [6.07, 6.45) is 1.51. The number of halogens is 1. The molecule has 0 fully saturated rings. The van der Waals surface area contributed by atoms with E-state index in [9.17, 15) is 19.3 Å². The summed E-state index contributed by atoms with van der Waals surface area (Å²) in [5.41, 5.74) is 2.53. The number of nitrogens with one attached hydrogen (secondary N) is 1. The van der Waals surface area contributed by atoms with Gasteiger partial charge in [0.2, 0.25) is 0 Å². The summed E-state index contributed by atoms with van der Waals surface area (Å²) in [5.74, 6) is -1.08. The average molecular weight is 420 g/mol. The number of amides is 1. The van der Waals surface area contributed by atoms with Gasteiger partial charge in [-0.2, -0.15) is 10.2 Å². The van der Waals surface area contributed by atoms with Crippen molar-refractivity contribution in [1.29, 1.82) is 0 Å². The Morgan fingerprint density at radius 1 is 1.10 bits per heavy atom. The lowest BCUT2D eigenvalue weighted by Gasteiger charge is -2.09. The van der Waals surface area contributed by atoms with E-state index in [0.717, 1.165) is 11.4 Å². The van der Waals surface area contributed by atoms with E-state index in [1.807, 2.05) is 19.9 Å². The Balaban J connectivity index is 1.53. The molecule has 2 aromatic heterocycles. The van der Waals surface area contributed by atoms with Crippen molar-refractivity contribution in [2.24, 2.45) is 0 Å². The zero-order valence-electron chi connectivity index (χ0n) is 16.6. The molecule has 0 spiro atoms. The molecule has 9 nitrogen and oxygen atoms in total. The maximum atomic E-state index is 14.6. The first kappa shape index (κ1) is 20.0. The molecule has 4 aromatic rings. The molecule has 1 N–H and O–H groups in total. The van der Waals surface area contributed by atoms with Crippen molar-refractivity contribution in [3.05, 3.63) is 93.8 Å². The number of nitro benzene ring substituents is 1. The lowest BCUT2D eigenvalue weighted by atomic mass is 10.2. The van der Waals surface area contributed by atoms with E-state index < -0.39 is 16.6 Å². The van der Waals surface area contributed by atoms with Gasteiger partial charge in [-0.05, 0) is 50.2 Å². The van der Waals surface area contributed by atoms with Gasteiger partial charge in [-0.1, -0.05) is 6.07 Å². The van der Waals surface area contributed by atoms with E-state index in [0.29, 0.717) is 5.69 Å². The van der Waals surface area contributed by atoms with Crippen molar-refractivity contribution in [3.8, 4) is 11.4 Å². The van der Waals surface area contributed by atoms with E-state index in [1.165, 1.54) is 52.0 Å². The van der Waals surface area contributed by atoms with E-state index in [2.05, 4.69) is 15.5 Å². The largest absolute Gasteiger partial charge is 0.320 e. The van der Waals surface area contributed by atoms with Crippen LogP contribution in [-0.2, 0) is 0 Å². The molecular formula is C21H17FN6O3. The lowest BCUT2D eigenvalue weighted by Crippen LogP contribution is -2.14. The number of anilines is 1. The van der Waals surface area contributed by atoms with Crippen molar-refractivity contribution in [2.75, 3.05) is 5.32 Å². The van der Waals surface area contributed by atoms with E-state index >= 15 is 0 Å². The Morgan fingerprint density at radius 2 is 1.90 bits per heavy atom. The van der Waals surface area contributed by atoms with Gasteiger partial charge in [0.1, 0.15) is 5.69 Å². The molecule has 0 atom stereocenters. The van der Waals surface area contributed by atoms with Crippen LogP contribution in [0.2, 0.25) is 0 Å². The summed E-state index contributed by atoms with van der Waals surface area (Å²) < 4.78 is 17.5. The predicted octanol–water partition coefficient (Wildman–Crippen LogP) is 3.97. The number of rotatable bonds is 5. The van der Waals surface area contributed by atoms with Gasteiger partial charge in [0, 0.05) is 29.7 Å². The zero-order chi connectivity index (χ0) is 22.1. The molecule has 31 heavy (non-hydrogen) atoms. The van der Waals surface area contributed by atoms with Crippen LogP contribution in [-0.4, -0.2) is 30.4 Å². The van der Waals surface area contributed by atoms with Gasteiger partial charge >= 0.3 is 0 Å². The second-order valence-electron chi connectivity index (χ2n) is 6.88. The van der Waals surface area contributed by atoms with Crippen molar-refractivity contribution in [3.63, 3.8) is 0 Å². The normalized spacial score (nSPS) is 10.8. The Kier molecular flexibility index (Phi) is 5.04. The Morgan fingerprint density at radius 3 is 2.58 bits per heavy atom. The number of nitrogens with zero attached hydrogens (tertiary/aromatic N) is 5. The van der Waals surface area contributed by atoms with Crippen molar-refractivity contribution in [2.45, 2.75) is 13.8 Å². The Labute approximate surface area is 175 Å². The highest BCUT2D eigenvalue weighted by atomic mass is 19.1. The summed E-state index contributed by atoms with van der Waals surface area (Å²) in [5, 5.41) is 22.0. The van der Waals surface area contributed by atoms with Crippen LogP contribution >= 0.6 is 0 Å². The molecule has 0 aliphatic heterocycles. The highest BCUT2D eigenvalue weighted by Gasteiger charge is 2.15. The summed E-state index contributed by atoms with van der Waals surface area (Å²) in [6.45, 7) is 3.65. The van der Waals surface area contributed by atoms with Crippen LogP contribution in [0.3, 0.4) is 0 Å². The van der Waals surface area contributed by atoms with Gasteiger partial charge in [-0.3, -0.25) is 14.9 Å². The van der Waals surface area contributed by atoms with Gasteiger partial charge in [-0.25, -0.2) is 13.8 Å². The molecule has 0 bridgehead atoms. The molecule has 0 saturated carbocycles. The molecular weight excluding hydrogens is 403 g/mol. The number of hydrogen-bond acceptors (Lipinski definition) is 5. The molecule has 156 valence electrons. The fraction of sp³-hybridized carbons (Fsp3) is 0.0952. The second kappa shape index (κ2) is 7.82. The van der Waals surface area contributed by atoms with Crippen LogP contribution in [0.1, 0.15) is 21.9 Å². The molecule has 0 aliphatic carbocycles. The Bertz CT molecular complexity index is 1310. The van der Waals surface area contributed by atoms with Gasteiger partial charge in [0.15, 0.2) is 11.5 Å². The monoisotopic (exact) mass is 420 g/mol. The number of hydrogen-bond donors (Lipinski definition) is 1. The quantitative estimate of drug-likeness (QED) is 0.388. The summed E-state index contributed by atoms with van der Waals surface area (Å²) in [7, 11) is 0. The minimum absolute atomic E-state index is 0.0783. The average Bonchev–Trinajstić information content (AvgIpc) is 3.35. The second-order valence-corrected chi connectivity index (χ2v) is 6.88. The fourth-order valence-corrected chi connectivity index (χ4v) is 3.16. The Hall–Kier alpha value is -4.34. The molecule has 4 rings (SSSR count). The van der Waals surface area contributed by atoms with Crippen molar-refractivity contribution < 1.29 is 14.1 Å². The number of non-ortho nitro benzene ring substituents is 1. The maximum Gasteiger partial charge on any atom is 0.276 e. The zero-order valence-corrected chi connectivity index (χ0v) is 16.6. The summed E-state index contributed by atoms with van der Waals surface area (Å²) >= 11 is 0. The van der Waals surface area contributed by atoms with Crippen LogP contribution < -0.4 is 5.32 Å². The number of aromatic nitrogens is 4. The lowest BCUT2D eigenvalue weighted by molar-refractivity contribution is -0.384. The van der Waals surface area contributed by atoms with E-state index in [-0.39, 0.29) is 22.8 Å². The number of benzene rings is 2. The minimum atomic E-state index is -0.539. The van der Waals surface area contributed by atoms with Gasteiger partial charge < -0.3 is 5.32 Å². The standard InChI is InChI=1S/C21H17FN6O3/c1-13-10-14(2)27(24-13)20-7-6-15(11-18(20)22)23-21(29)19-8-9-26(25-19)16-4-3-5-17(12-16)28(30)31/h3-12H,1-2H3,(H,23,29). The maximum absolute atomic E-state index is 14.6. The molecule has 10 heteroatoms. The fourth-order valence-electron chi connectivity index (χ4n) is 3.16. The third-order valence-corrected chi connectivity index (χ3v) is 4.57. The van der Waals surface area contributed by atoms with Crippen LogP contribution in [0.5, 0.6) is 0 Å². The smallest absolute Gasteiger partial charge is 0.276 e. The molecule has 2 heterocycles. The molecule has 1 amide bonds. The third-order valence-electron chi connectivity index (χ3n) is 4.57. The first-order chi connectivity index (χ1) is 14.8. The van der Waals surface area contributed by atoms with Gasteiger partial charge in [-0.15, -0.1) is 0 Å². The van der Waals surface area contributed by atoms with Crippen LogP contribution in [0, 0.1) is 29.8 Å². The third kappa shape index (κ3) is 4.04. The minimum Gasteiger partial charge on any atom is -0.320 e. The topological polar surface area (TPSA) is 108 Å². The predicted molar refractivity (Wildman–Crippen MR) is 111 cm³/mol. The van der Waals surface area contributed by atoms with Crippen LogP contribution in [0.25, 0.3) is 11.4 Å². The van der Waals surface area contributed by atoms with Crippen molar-refractivity contribution >= 4 is 17.3 Å². The number of carbonyl (C=O) groups excluding carboxylic acids is 1. The highest BCUT2D eigenvalue weighted by Crippen LogP contribution is 2.21. The van der Waals surface area contributed by atoms with Crippen LogP contribution in [0.4, 0.5) is 15.8 Å². The molecule has 0 aliphatic rings. The first-order valence-electron chi connectivity index (χ1n) is 9.27. The SMILES string of the molecule is Cc1cc(C)n(-c2ccc(NC(=O)c3ccn(-c4cccc([N+](=O)[O-])c4)n3)cc2F)n1. The molecule has 0 radical (unpaired) electrons. The van der Waals surface area contributed by atoms with Gasteiger partial charge in [0.25, 0.3) is 11.6 Å². The molecule has 2 aromatic carbocycles. The highest BCUT2D eigenvalue weighted by molar-refractivity contribution is 6.02. The van der Waals surface area contributed by atoms with E-state index in [1.54, 1.807) is 12.1 Å². The van der Waals surface area contributed by atoms with Crippen LogP contribution in [0.15, 0.2) is 60.8 Å². The summed E-state index contributed by atoms with van der Waals surface area (Å²) in [6, 6.07) is 13.5. The molecule has 0 unspecified atom stereocenters. The number of aryl methyl sites for hydroxylation is 2.